The minimum atomic E-state index is -1.15. The van der Waals surface area contributed by atoms with Crippen LogP contribution < -0.4 is 10.2 Å². The smallest absolute Gasteiger partial charge is 0.322 e. The molecule has 1 saturated heterocycles. The Morgan fingerprint density at radius 1 is 1.24 bits per heavy atom. The fraction of sp³-hybridized carbons (Fsp3) is 0.250. The van der Waals surface area contributed by atoms with Gasteiger partial charge in [-0.15, -0.1) is 0 Å². The zero-order valence-electron chi connectivity index (χ0n) is 15.3. The lowest BCUT2D eigenvalue weighted by Gasteiger charge is -2.27. The van der Waals surface area contributed by atoms with Crippen LogP contribution in [0.1, 0.15) is 34.9 Å². The summed E-state index contributed by atoms with van der Waals surface area (Å²) in [7, 11) is 0. The van der Waals surface area contributed by atoms with Crippen molar-refractivity contribution in [2.75, 3.05) is 18.0 Å². The fourth-order valence-corrected chi connectivity index (χ4v) is 3.72. The lowest BCUT2D eigenvalue weighted by atomic mass is 10.0. The van der Waals surface area contributed by atoms with E-state index < -0.39 is 30.1 Å². The Balaban J connectivity index is 1.68. The monoisotopic (exact) mass is 400 g/mol. The number of hydrogen-bond donors (Lipinski definition) is 2. The predicted molar refractivity (Wildman–Crippen MR) is 101 cm³/mol. The Bertz CT molecular complexity index is 1100. The summed E-state index contributed by atoms with van der Waals surface area (Å²) in [5, 5.41) is 11.0. The fourth-order valence-electron chi connectivity index (χ4n) is 3.72. The number of imidazole rings is 1. The highest BCUT2D eigenvalue weighted by molar-refractivity contribution is 5.95. The number of carbonyl (C=O) groups excluding carboxylic acids is 1. The molecule has 1 aromatic carbocycles. The second-order valence-corrected chi connectivity index (χ2v) is 6.85. The number of amides is 1. The lowest BCUT2D eigenvalue weighted by Crippen LogP contribution is -2.30. The number of carboxylic acids is 1. The number of hydrogen-bond acceptors (Lipinski definition) is 4. The summed E-state index contributed by atoms with van der Waals surface area (Å²) in [5.74, 6) is -2.66. The van der Waals surface area contributed by atoms with Crippen molar-refractivity contribution in [3.05, 3.63) is 65.6 Å². The van der Waals surface area contributed by atoms with Gasteiger partial charge in [-0.05, 0) is 43.2 Å². The molecular weight excluding hydrogens is 382 g/mol. The average molecular weight is 400 g/mol. The number of fused-ring (bicyclic) bond motifs is 1. The van der Waals surface area contributed by atoms with E-state index in [0.717, 1.165) is 24.2 Å². The van der Waals surface area contributed by atoms with Crippen LogP contribution >= 0.6 is 0 Å². The Hall–Kier alpha value is -3.49. The molecule has 0 aliphatic carbocycles. The molecule has 3 aromatic rings. The average Bonchev–Trinajstić information content (AvgIpc) is 3.34. The molecule has 0 spiro atoms. The first-order valence-electron chi connectivity index (χ1n) is 9.13. The summed E-state index contributed by atoms with van der Waals surface area (Å²) in [6, 6.07) is 6.66. The van der Waals surface area contributed by atoms with Gasteiger partial charge in [-0.1, -0.05) is 0 Å². The molecule has 29 heavy (non-hydrogen) atoms. The Morgan fingerprint density at radius 3 is 2.86 bits per heavy atom. The molecule has 2 N–H and O–H groups in total. The van der Waals surface area contributed by atoms with Gasteiger partial charge in [-0.25, -0.2) is 13.8 Å². The summed E-state index contributed by atoms with van der Waals surface area (Å²) < 4.78 is 29.6. The molecule has 4 rings (SSSR count). The molecule has 0 unspecified atom stereocenters. The third kappa shape index (κ3) is 3.63. The molecule has 1 aliphatic rings. The van der Waals surface area contributed by atoms with E-state index >= 15 is 0 Å². The minimum Gasteiger partial charge on any atom is -0.480 e. The maximum absolute atomic E-state index is 14.3. The van der Waals surface area contributed by atoms with E-state index in [9.17, 15) is 18.4 Å². The van der Waals surface area contributed by atoms with Crippen LogP contribution in [-0.2, 0) is 4.79 Å². The standard InChI is InChI=1S/C20H18F2N4O3/c21-12-3-5-15(22)14(8-12)16-2-1-7-25(16)13-4-6-18-23-9-17(26(18)11-13)20(29)24-10-19(27)28/h3-6,8-9,11,16H,1-2,7,10H2,(H,24,29)(H,27,28)/t16-/m0/s1. The Morgan fingerprint density at radius 2 is 2.07 bits per heavy atom. The Kier molecular flexibility index (Phi) is 4.87. The highest BCUT2D eigenvalue weighted by atomic mass is 19.1. The first kappa shape index (κ1) is 18.9. The van der Waals surface area contributed by atoms with Gasteiger partial charge in [0.05, 0.1) is 17.9 Å². The molecule has 0 saturated carbocycles. The second-order valence-electron chi connectivity index (χ2n) is 6.85. The van der Waals surface area contributed by atoms with Crippen LogP contribution in [0.2, 0.25) is 0 Å². The molecule has 1 aliphatic heterocycles. The van der Waals surface area contributed by atoms with Crippen molar-refractivity contribution in [3.8, 4) is 0 Å². The van der Waals surface area contributed by atoms with Gasteiger partial charge in [-0.3, -0.25) is 14.0 Å². The zero-order valence-corrected chi connectivity index (χ0v) is 15.3. The molecule has 9 heteroatoms. The van der Waals surface area contributed by atoms with Crippen LogP contribution in [0, 0.1) is 11.6 Å². The second kappa shape index (κ2) is 7.50. The minimum absolute atomic E-state index is 0.191. The van der Waals surface area contributed by atoms with Crippen LogP contribution in [-0.4, -0.2) is 39.5 Å². The van der Waals surface area contributed by atoms with Crippen molar-refractivity contribution in [1.82, 2.24) is 14.7 Å². The topological polar surface area (TPSA) is 86.9 Å². The Labute approximate surface area is 164 Å². The summed E-state index contributed by atoms with van der Waals surface area (Å²) in [4.78, 5) is 29.1. The van der Waals surface area contributed by atoms with Gasteiger partial charge >= 0.3 is 5.97 Å². The van der Waals surface area contributed by atoms with E-state index in [-0.39, 0.29) is 11.7 Å². The largest absolute Gasteiger partial charge is 0.480 e. The number of benzene rings is 1. The third-order valence-electron chi connectivity index (χ3n) is 5.02. The van der Waals surface area contributed by atoms with Crippen molar-refractivity contribution in [2.45, 2.75) is 18.9 Å². The van der Waals surface area contributed by atoms with E-state index in [0.29, 0.717) is 24.2 Å². The number of carbonyl (C=O) groups is 2. The van der Waals surface area contributed by atoms with Gasteiger partial charge in [0.25, 0.3) is 5.91 Å². The third-order valence-corrected chi connectivity index (χ3v) is 5.02. The van der Waals surface area contributed by atoms with Crippen LogP contribution in [0.5, 0.6) is 0 Å². The molecule has 1 fully saturated rings. The SMILES string of the molecule is O=C(O)CNC(=O)c1cnc2ccc(N3CCC[C@H]3c3cc(F)ccc3F)cn12. The van der Waals surface area contributed by atoms with Crippen molar-refractivity contribution < 1.29 is 23.5 Å². The zero-order chi connectivity index (χ0) is 20.5. The van der Waals surface area contributed by atoms with Crippen molar-refractivity contribution in [1.29, 1.82) is 0 Å². The lowest BCUT2D eigenvalue weighted by molar-refractivity contribution is -0.135. The summed E-state index contributed by atoms with van der Waals surface area (Å²) in [6.45, 7) is 0.153. The number of aromatic nitrogens is 2. The number of halogens is 2. The van der Waals surface area contributed by atoms with Crippen LogP contribution in [0.3, 0.4) is 0 Å². The van der Waals surface area contributed by atoms with Crippen molar-refractivity contribution in [2.24, 2.45) is 0 Å². The van der Waals surface area contributed by atoms with Crippen LogP contribution in [0.4, 0.5) is 14.5 Å². The van der Waals surface area contributed by atoms with E-state index in [2.05, 4.69) is 10.3 Å². The molecular formula is C20H18F2N4O3. The predicted octanol–water partition coefficient (Wildman–Crippen LogP) is 2.77. The summed E-state index contributed by atoms with van der Waals surface area (Å²) >= 11 is 0. The number of nitrogens with zero attached hydrogens (tertiary/aromatic N) is 3. The molecule has 3 heterocycles. The highest BCUT2D eigenvalue weighted by Gasteiger charge is 2.29. The van der Waals surface area contributed by atoms with Gasteiger partial charge in [0, 0.05) is 18.3 Å². The molecule has 7 nitrogen and oxygen atoms in total. The van der Waals surface area contributed by atoms with E-state index in [4.69, 9.17) is 5.11 Å². The molecule has 2 aromatic heterocycles. The van der Waals surface area contributed by atoms with Gasteiger partial charge in [-0.2, -0.15) is 0 Å². The molecule has 0 radical (unpaired) electrons. The normalized spacial score (nSPS) is 16.3. The number of pyridine rings is 1. The van der Waals surface area contributed by atoms with E-state index in [1.54, 1.807) is 16.7 Å². The van der Waals surface area contributed by atoms with Crippen molar-refractivity contribution >= 4 is 23.2 Å². The maximum atomic E-state index is 14.3. The van der Waals surface area contributed by atoms with Gasteiger partial charge in [0.1, 0.15) is 29.5 Å². The first-order valence-corrected chi connectivity index (χ1v) is 9.13. The summed E-state index contributed by atoms with van der Waals surface area (Å²) in [5.41, 5.74) is 1.74. The number of anilines is 1. The molecule has 0 bridgehead atoms. The maximum Gasteiger partial charge on any atom is 0.322 e. The first-order chi connectivity index (χ1) is 13.9. The van der Waals surface area contributed by atoms with Gasteiger partial charge in [0.2, 0.25) is 0 Å². The number of aliphatic carboxylic acids is 1. The summed E-state index contributed by atoms with van der Waals surface area (Å²) in [6.07, 6.45) is 4.56. The molecule has 150 valence electrons. The van der Waals surface area contributed by atoms with Crippen molar-refractivity contribution in [3.63, 3.8) is 0 Å². The molecule has 1 amide bonds. The van der Waals surface area contributed by atoms with Gasteiger partial charge in [0.15, 0.2) is 0 Å². The van der Waals surface area contributed by atoms with Crippen LogP contribution in [0.25, 0.3) is 5.65 Å². The van der Waals surface area contributed by atoms with E-state index in [1.807, 2.05) is 11.0 Å². The van der Waals surface area contributed by atoms with Gasteiger partial charge < -0.3 is 15.3 Å². The molecule has 1 atom stereocenters. The van der Waals surface area contributed by atoms with E-state index in [1.165, 1.54) is 12.3 Å². The highest BCUT2D eigenvalue weighted by Crippen LogP contribution is 2.37. The number of nitrogens with one attached hydrogen (secondary N) is 1. The number of rotatable bonds is 5. The van der Waals surface area contributed by atoms with Crippen LogP contribution in [0.15, 0.2) is 42.7 Å². The number of carboxylic acid groups (broad SMARTS) is 1. The quantitative estimate of drug-likeness (QED) is 0.688.